The molecule has 0 N–H and O–H groups in total. The van der Waals surface area contributed by atoms with Gasteiger partial charge >= 0.3 is 0 Å². The maximum Gasteiger partial charge on any atom is 0.176 e. The average molecular weight is 289 g/mol. The summed E-state index contributed by atoms with van der Waals surface area (Å²) < 4.78 is 5.51. The molecule has 3 heteroatoms. The van der Waals surface area contributed by atoms with Crippen LogP contribution in [0.15, 0.2) is 24.3 Å². The van der Waals surface area contributed by atoms with E-state index in [0.717, 1.165) is 37.9 Å². The summed E-state index contributed by atoms with van der Waals surface area (Å²) in [6.45, 7) is 6.74. The number of Topliss-reactive ketones (excluding diaryl/α,β-unsaturated/α-hetero) is 1. The Morgan fingerprint density at radius 2 is 2.05 bits per heavy atom. The van der Waals surface area contributed by atoms with Crippen LogP contribution >= 0.6 is 0 Å². The fraction of sp³-hybridized carbons (Fsp3) is 0.611. The summed E-state index contributed by atoms with van der Waals surface area (Å²) in [7, 11) is 1.76. The van der Waals surface area contributed by atoms with Crippen molar-refractivity contribution in [3.8, 4) is 0 Å². The van der Waals surface area contributed by atoms with Gasteiger partial charge in [0.25, 0.3) is 0 Å². The van der Waals surface area contributed by atoms with Crippen molar-refractivity contribution in [3.05, 3.63) is 35.4 Å². The number of benzene rings is 1. The van der Waals surface area contributed by atoms with E-state index in [2.05, 4.69) is 30.9 Å². The van der Waals surface area contributed by atoms with Gasteiger partial charge in [-0.1, -0.05) is 44.5 Å². The Morgan fingerprint density at radius 3 is 2.67 bits per heavy atom. The van der Waals surface area contributed by atoms with Crippen molar-refractivity contribution in [2.45, 2.75) is 39.2 Å². The Morgan fingerprint density at radius 1 is 1.33 bits per heavy atom. The lowest BCUT2D eigenvalue weighted by Gasteiger charge is -2.35. The zero-order chi connectivity index (χ0) is 15.2. The van der Waals surface area contributed by atoms with Crippen molar-refractivity contribution >= 4 is 5.78 Å². The fourth-order valence-corrected chi connectivity index (χ4v) is 2.99. The molecule has 0 amide bonds. The van der Waals surface area contributed by atoms with E-state index in [1.165, 1.54) is 5.56 Å². The van der Waals surface area contributed by atoms with Crippen LogP contribution in [0.1, 0.15) is 42.6 Å². The number of nitrogens with zero attached hydrogens (tertiary/aromatic N) is 1. The second-order valence-electron chi connectivity index (χ2n) is 6.15. The number of likely N-dealkylation sites (tertiary alicyclic amines) is 1. The van der Waals surface area contributed by atoms with Crippen molar-refractivity contribution < 1.29 is 9.53 Å². The minimum atomic E-state index is 0.211. The first-order chi connectivity index (χ1) is 10.1. The first kappa shape index (κ1) is 16.2. The van der Waals surface area contributed by atoms with Crippen LogP contribution in [0.25, 0.3) is 0 Å². The van der Waals surface area contributed by atoms with Crippen molar-refractivity contribution in [1.82, 2.24) is 4.90 Å². The predicted octanol–water partition coefficient (Wildman–Crippen LogP) is 3.18. The standard InChI is InChI=1S/C18H27NO2/c1-4-5-15-6-8-16(9-7-15)17(20)12-19-11-10-14(2)18(13-19)21-3/h6-9,14,18H,4-5,10-13H2,1-3H3. The summed E-state index contributed by atoms with van der Waals surface area (Å²) in [4.78, 5) is 14.6. The van der Waals surface area contributed by atoms with E-state index < -0.39 is 0 Å². The van der Waals surface area contributed by atoms with E-state index in [-0.39, 0.29) is 11.9 Å². The average Bonchev–Trinajstić information content (AvgIpc) is 2.50. The van der Waals surface area contributed by atoms with Crippen molar-refractivity contribution in [2.75, 3.05) is 26.7 Å². The lowest BCUT2D eigenvalue weighted by molar-refractivity contribution is -0.00324. The van der Waals surface area contributed by atoms with Gasteiger partial charge in [-0.15, -0.1) is 0 Å². The van der Waals surface area contributed by atoms with Gasteiger partial charge in [0, 0.05) is 19.2 Å². The summed E-state index contributed by atoms with van der Waals surface area (Å²) >= 11 is 0. The van der Waals surface area contributed by atoms with Gasteiger partial charge in [-0.2, -0.15) is 0 Å². The summed E-state index contributed by atoms with van der Waals surface area (Å²) in [6.07, 6.45) is 3.56. The Labute approximate surface area is 128 Å². The first-order valence-corrected chi connectivity index (χ1v) is 8.01. The molecule has 0 saturated carbocycles. The number of carbonyl (C=O) groups is 1. The topological polar surface area (TPSA) is 29.5 Å². The van der Waals surface area contributed by atoms with Crippen LogP contribution in [0.2, 0.25) is 0 Å². The summed E-state index contributed by atoms with van der Waals surface area (Å²) in [5.41, 5.74) is 2.13. The largest absolute Gasteiger partial charge is 0.380 e. The number of ether oxygens (including phenoxy) is 1. The highest BCUT2D eigenvalue weighted by molar-refractivity contribution is 5.97. The van der Waals surface area contributed by atoms with Gasteiger partial charge < -0.3 is 4.74 Å². The van der Waals surface area contributed by atoms with Gasteiger partial charge in [-0.3, -0.25) is 9.69 Å². The molecule has 1 aromatic carbocycles. The van der Waals surface area contributed by atoms with Gasteiger partial charge in [-0.25, -0.2) is 0 Å². The van der Waals surface area contributed by atoms with E-state index in [0.29, 0.717) is 12.5 Å². The summed E-state index contributed by atoms with van der Waals surface area (Å²) in [5, 5.41) is 0. The van der Waals surface area contributed by atoms with Crippen molar-refractivity contribution in [2.24, 2.45) is 5.92 Å². The molecule has 0 spiro atoms. The third-order valence-electron chi connectivity index (χ3n) is 4.46. The van der Waals surface area contributed by atoms with Crippen molar-refractivity contribution in [3.63, 3.8) is 0 Å². The Kier molecular flexibility index (Phi) is 5.95. The molecule has 0 bridgehead atoms. The molecular weight excluding hydrogens is 262 g/mol. The summed E-state index contributed by atoms with van der Waals surface area (Å²) in [6, 6.07) is 8.08. The van der Waals surface area contributed by atoms with E-state index in [4.69, 9.17) is 4.74 Å². The van der Waals surface area contributed by atoms with E-state index >= 15 is 0 Å². The number of hydrogen-bond donors (Lipinski definition) is 0. The predicted molar refractivity (Wildman–Crippen MR) is 85.8 cm³/mol. The van der Waals surface area contributed by atoms with Gasteiger partial charge in [0.05, 0.1) is 12.6 Å². The Balaban J connectivity index is 1.91. The highest BCUT2D eigenvalue weighted by Gasteiger charge is 2.27. The molecule has 1 aliphatic heterocycles. The molecular formula is C18H27NO2. The van der Waals surface area contributed by atoms with E-state index in [9.17, 15) is 4.79 Å². The molecule has 2 rings (SSSR count). The molecule has 2 unspecified atom stereocenters. The SMILES string of the molecule is CCCc1ccc(C(=O)CN2CCC(C)C(OC)C2)cc1. The minimum Gasteiger partial charge on any atom is -0.380 e. The summed E-state index contributed by atoms with van der Waals surface area (Å²) in [5.74, 6) is 0.789. The first-order valence-electron chi connectivity index (χ1n) is 8.01. The molecule has 2 atom stereocenters. The number of ketones is 1. The maximum absolute atomic E-state index is 12.4. The van der Waals surface area contributed by atoms with Gasteiger partial charge in [0.1, 0.15) is 0 Å². The fourth-order valence-electron chi connectivity index (χ4n) is 2.99. The number of rotatable bonds is 6. The minimum absolute atomic E-state index is 0.211. The number of hydrogen-bond acceptors (Lipinski definition) is 3. The van der Waals surface area contributed by atoms with Gasteiger partial charge in [0.15, 0.2) is 5.78 Å². The maximum atomic E-state index is 12.4. The molecule has 1 aliphatic rings. The molecule has 1 heterocycles. The van der Waals surface area contributed by atoms with Crippen LogP contribution in [0, 0.1) is 5.92 Å². The van der Waals surface area contributed by atoms with Crippen LogP contribution in [0.3, 0.4) is 0 Å². The molecule has 1 fully saturated rings. The molecule has 0 aliphatic carbocycles. The van der Waals surface area contributed by atoms with Gasteiger partial charge in [-0.05, 0) is 30.9 Å². The zero-order valence-electron chi connectivity index (χ0n) is 13.5. The number of piperidine rings is 1. The quantitative estimate of drug-likeness (QED) is 0.753. The van der Waals surface area contributed by atoms with E-state index in [1.807, 2.05) is 12.1 Å². The Bertz CT molecular complexity index is 455. The highest BCUT2D eigenvalue weighted by Crippen LogP contribution is 2.19. The van der Waals surface area contributed by atoms with Crippen LogP contribution in [-0.2, 0) is 11.2 Å². The molecule has 116 valence electrons. The highest BCUT2D eigenvalue weighted by atomic mass is 16.5. The third-order valence-corrected chi connectivity index (χ3v) is 4.46. The number of aryl methyl sites for hydroxylation is 1. The van der Waals surface area contributed by atoms with Crippen LogP contribution < -0.4 is 0 Å². The smallest absolute Gasteiger partial charge is 0.176 e. The van der Waals surface area contributed by atoms with Crippen molar-refractivity contribution in [1.29, 1.82) is 0 Å². The Hall–Kier alpha value is -1.19. The number of carbonyl (C=O) groups excluding carboxylic acids is 1. The molecule has 0 aromatic heterocycles. The normalized spacial score (nSPS) is 23.2. The second kappa shape index (κ2) is 7.71. The molecule has 21 heavy (non-hydrogen) atoms. The lowest BCUT2D eigenvalue weighted by atomic mass is 9.95. The van der Waals surface area contributed by atoms with Crippen LogP contribution in [0.5, 0.6) is 0 Å². The molecule has 0 radical (unpaired) electrons. The lowest BCUT2D eigenvalue weighted by Crippen LogP contribution is -2.45. The second-order valence-corrected chi connectivity index (χ2v) is 6.15. The molecule has 3 nitrogen and oxygen atoms in total. The molecule has 1 saturated heterocycles. The third kappa shape index (κ3) is 4.39. The monoisotopic (exact) mass is 289 g/mol. The molecule has 1 aromatic rings. The van der Waals surface area contributed by atoms with Gasteiger partial charge in [0.2, 0.25) is 0 Å². The number of methoxy groups -OCH3 is 1. The van der Waals surface area contributed by atoms with E-state index in [1.54, 1.807) is 7.11 Å². The van der Waals surface area contributed by atoms with Crippen LogP contribution in [-0.4, -0.2) is 43.5 Å². The zero-order valence-corrected chi connectivity index (χ0v) is 13.5. The van der Waals surface area contributed by atoms with Crippen LogP contribution in [0.4, 0.5) is 0 Å².